The molecule has 0 fully saturated rings. The Bertz CT molecular complexity index is 601. The minimum absolute atomic E-state index is 0.220. The van der Waals surface area contributed by atoms with E-state index in [1.807, 2.05) is 25.3 Å². The fourth-order valence-corrected chi connectivity index (χ4v) is 1.60. The maximum atomic E-state index is 11.7. The zero-order chi connectivity index (χ0) is 13.7. The van der Waals surface area contributed by atoms with Gasteiger partial charge in [-0.25, -0.2) is 0 Å². The lowest BCUT2D eigenvalue weighted by Crippen LogP contribution is -2.09. The zero-order valence-corrected chi connectivity index (χ0v) is 10.7. The van der Waals surface area contributed by atoms with Gasteiger partial charge in [0.2, 0.25) is 5.91 Å². The van der Waals surface area contributed by atoms with Gasteiger partial charge in [0, 0.05) is 24.4 Å². The van der Waals surface area contributed by atoms with Crippen LogP contribution >= 0.6 is 0 Å². The Morgan fingerprint density at radius 2 is 2.26 bits per heavy atom. The van der Waals surface area contributed by atoms with Crippen molar-refractivity contribution in [3.63, 3.8) is 0 Å². The molecule has 0 spiro atoms. The maximum Gasteiger partial charge on any atom is 0.248 e. The molecule has 19 heavy (non-hydrogen) atoms. The summed E-state index contributed by atoms with van der Waals surface area (Å²) in [5, 5.41) is 6.85. The number of benzene rings is 1. The number of aryl methyl sites for hydroxylation is 1. The van der Waals surface area contributed by atoms with E-state index in [9.17, 15) is 4.79 Å². The molecule has 0 radical (unpaired) electrons. The summed E-state index contributed by atoms with van der Waals surface area (Å²) in [6.07, 6.45) is 6.77. The number of rotatable bonds is 4. The summed E-state index contributed by atoms with van der Waals surface area (Å²) in [6.45, 7) is 2.81. The molecule has 1 aromatic carbocycles. The number of hydrogen-bond donors (Lipinski definition) is 2. The fraction of sp³-hybridized carbons (Fsp3) is 0.143. The maximum absolute atomic E-state index is 11.7. The van der Waals surface area contributed by atoms with E-state index < -0.39 is 0 Å². The molecule has 1 heterocycles. The number of nitrogens with two attached hydrogens (primary N) is 1. The summed E-state index contributed by atoms with van der Waals surface area (Å²) in [7, 11) is 0. The minimum Gasteiger partial charge on any atom is -0.397 e. The van der Waals surface area contributed by atoms with Gasteiger partial charge in [0.1, 0.15) is 0 Å². The summed E-state index contributed by atoms with van der Waals surface area (Å²) >= 11 is 0. The first-order valence-corrected chi connectivity index (χ1v) is 6.05. The molecule has 2 rings (SSSR count). The Morgan fingerprint density at radius 3 is 2.95 bits per heavy atom. The van der Waals surface area contributed by atoms with Crippen LogP contribution in [0.25, 0.3) is 6.08 Å². The summed E-state index contributed by atoms with van der Waals surface area (Å²) in [5.41, 5.74) is 7.79. The van der Waals surface area contributed by atoms with Crippen LogP contribution in [0.2, 0.25) is 0 Å². The van der Waals surface area contributed by atoms with Crippen molar-refractivity contribution in [3.8, 4) is 0 Å². The molecule has 5 heteroatoms. The third kappa shape index (κ3) is 3.45. The monoisotopic (exact) mass is 256 g/mol. The largest absolute Gasteiger partial charge is 0.397 e. The van der Waals surface area contributed by atoms with Crippen molar-refractivity contribution in [3.05, 3.63) is 48.3 Å². The van der Waals surface area contributed by atoms with Gasteiger partial charge in [-0.3, -0.25) is 9.48 Å². The van der Waals surface area contributed by atoms with Crippen LogP contribution in [-0.4, -0.2) is 15.7 Å². The number of anilines is 2. The fourth-order valence-electron chi connectivity index (χ4n) is 1.60. The summed E-state index contributed by atoms with van der Waals surface area (Å²) < 4.78 is 1.80. The van der Waals surface area contributed by atoms with Crippen LogP contribution < -0.4 is 11.1 Å². The SMILES string of the molecule is CCn1cc(C=CC(=O)Nc2ccccc2N)cn1. The molecule has 0 saturated carbocycles. The van der Waals surface area contributed by atoms with E-state index in [0.29, 0.717) is 11.4 Å². The number of nitrogens with zero attached hydrogens (tertiary/aromatic N) is 2. The Labute approximate surface area is 111 Å². The molecular formula is C14H16N4O. The topological polar surface area (TPSA) is 72.9 Å². The highest BCUT2D eigenvalue weighted by Crippen LogP contribution is 2.16. The van der Waals surface area contributed by atoms with E-state index in [2.05, 4.69) is 10.4 Å². The van der Waals surface area contributed by atoms with E-state index in [1.165, 1.54) is 6.08 Å². The smallest absolute Gasteiger partial charge is 0.248 e. The predicted octanol–water partition coefficient (Wildman–Crippen LogP) is 2.14. The van der Waals surface area contributed by atoms with Gasteiger partial charge in [0.25, 0.3) is 0 Å². The van der Waals surface area contributed by atoms with E-state index in [0.717, 1.165) is 12.1 Å². The Kier molecular flexibility index (Phi) is 3.97. The highest BCUT2D eigenvalue weighted by Gasteiger charge is 2.01. The predicted molar refractivity (Wildman–Crippen MR) is 76.4 cm³/mol. The van der Waals surface area contributed by atoms with Crippen LogP contribution in [0.4, 0.5) is 11.4 Å². The lowest BCUT2D eigenvalue weighted by Gasteiger charge is -2.04. The normalized spacial score (nSPS) is 10.8. The van der Waals surface area contributed by atoms with Gasteiger partial charge in [-0.2, -0.15) is 5.10 Å². The Morgan fingerprint density at radius 1 is 1.47 bits per heavy atom. The van der Waals surface area contributed by atoms with Gasteiger partial charge < -0.3 is 11.1 Å². The van der Waals surface area contributed by atoms with Crippen molar-refractivity contribution in [2.45, 2.75) is 13.5 Å². The minimum atomic E-state index is -0.220. The molecule has 98 valence electrons. The quantitative estimate of drug-likeness (QED) is 0.650. The first-order valence-electron chi connectivity index (χ1n) is 6.05. The number of hydrogen-bond acceptors (Lipinski definition) is 3. The molecule has 0 saturated heterocycles. The van der Waals surface area contributed by atoms with Crippen LogP contribution in [-0.2, 0) is 11.3 Å². The third-order valence-electron chi connectivity index (χ3n) is 2.62. The summed E-state index contributed by atoms with van der Waals surface area (Å²) in [4.78, 5) is 11.7. The number of nitrogens with one attached hydrogen (secondary N) is 1. The molecule has 3 N–H and O–H groups in total. The number of aromatic nitrogens is 2. The second-order valence-electron chi connectivity index (χ2n) is 4.04. The molecule has 1 aromatic heterocycles. The highest BCUT2D eigenvalue weighted by molar-refractivity contribution is 6.03. The van der Waals surface area contributed by atoms with Crippen molar-refractivity contribution in [1.29, 1.82) is 0 Å². The van der Waals surface area contributed by atoms with E-state index in [4.69, 9.17) is 5.73 Å². The molecule has 0 atom stereocenters. The third-order valence-corrected chi connectivity index (χ3v) is 2.62. The Hall–Kier alpha value is -2.56. The molecule has 2 aromatic rings. The molecule has 5 nitrogen and oxygen atoms in total. The van der Waals surface area contributed by atoms with Crippen molar-refractivity contribution >= 4 is 23.4 Å². The van der Waals surface area contributed by atoms with Gasteiger partial charge in [-0.05, 0) is 25.1 Å². The van der Waals surface area contributed by atoms with Crippen molar-refractivity contribution in [2.75, 3.05) is 11.1 Å². The second-order valence-corrected chi connectivity index (χ2v) is 4.04. The van der Waals surface area contributed by atoms with Gasteiger partial charge >= 0.3 is 0 Å². The number of amides is 1. The standard InChI is InChI=1S/C14H16N4O/c1-2-18-10-11(9-16-18)7-8-14(19)17-13-6-4-3-5-12(13)15/h3-10H,2,15H2,1H3,(H,17,19). The molecule has 0 bridgehead atoms. The second kappa shape index (κ2) is 5.86. The lowest BCUT2D eigenvalue weighted by atomic mass is 10.2. The van der Waals surface area contributed by atoms with Crippen molar-refractivity contribution in [2.24, 2.45) is 0 Å². The number of nitrogen functional groups attached to an aromatic ring is 1. The average Bonchev–Trinajstić information content (AvgIpc) is 2.87. The van der Waals surface area contributed by atoms with E-state index in [-0.39, 0.29) is 5.91 Å². The van der Waals surface area contributed by atoms with E-state index >= 15 is 0 Å². The van der Waals surface area contributed by atoms with Crippen molar-refractivity contribution in [1.82, 2.24) is 9.78 Å². The van der Waals surface area contributed by atoms with Gasteiger partial charge in [-0.15, -0.1) is 0 Å². The van der Waals surface area contributed by atoms with Gasteiger partial charge in [0.05, 0.1) is 17.6 Å². The molecule has 0 aliphatic carbocycles. The van der Waals surface area contributed by atoms with Crippen LogP contribution in [0.1, 0.15) is 12.5 Å². The molecule has 1 amide bonds. The number of carbonyl (C=O) groups is 1. The number of para-hydroxylation sites is 2. The van der Waals surface area contributed by atoms with Crippen LogP contribution in [0.15, 0.2) is 42.7 Å². The lowest BCUT2D eigenvalue weighted by molar-refractivity contribution is -0.111. The highest BCUT2D eigenvalue weighted by atomic mass is 16.1. The molecule has 0 aliphatic heterocycles. The molecular weight excluding hydrogens is 240 g/mol. The average molecular weight is 256 g/mol. The molecule has 0 unspecified atom stereocenters. The molecule has 0 aliphatic rings. The van der Waals surface area contributed by atoms with Crippen LogP contribution in [0, 0.1) is 0 Å². The number of carbonyl (C=O) groups excluding carboxylic acids is 1. The van der Waals surface area contributed by atoms with Gasteiger partial charge in [0.15, 0.2) is 0 Å². The van der Waals surface area contributed by atoms with Gasteiger partial charge in [-0.1, -0.05) is 12.1 Å². The summed E-state index contributed by atoms with van der Waals surface area (Å²) in [6, 6.07) is 7.14. The Balaban J connectivity index is 1.99. The van der Waals surface area contributed by atoms with E-state index in [1.54, 1.807) is 29.1 Å². The van der Waals surface area contributed by atoms with Crippen LogP contribution in [0.3, 0.4) is 0 Å². The van der Waals surface area contributed by atoms with Crippen LogP contribution in [0.5, 0.6) is 0 Å². The summed E-state index contributed by atoms with van der Waals surface area (Å²) in [5.74, 6) is -0.220. The first-order chi connectivity index (χ1) is 9.19. The van der Waals surface area contributed by atoms with Crippen molar-refractivity contribution < 1.29 is 4.79 Å². The first kappa shape index (κ1) is 12.9. The zero-order valence-electron chi connectivity index (χ0n) is 10.7.